The van der Waals surface area contributed by atoms with Gasteiger partial charge in [-0.25, -0.2) is 0 Å². The van der Waals surface area contributed by atoms with Crippen LogP contribution in [0.2, 0.25) is 0 Å². The molecule has 0 aliphatic rings. The summed E-state index contributed by atoms with van der Waals surface area (Å²) in [7, 11) is 4.26. The molecule has 0 saturated carbocycles. The molecule has 0 saturated heterocycles. The molecule has 0 aliphatic carbocycles. The van der Waals surface area contributed by atoms with Gasteiger partial charge in [0.2, 0.25) is 0 Å². The maximum atomic E-state index is 5.88. The van der Waals surface area contributed by atoms with E-state index in [1.807, 2.05) is 0 Å². The Hall–Kier alpha value is -0.120. The normalized spacial score (nSPS) is 16.1. The quantitative estimate of drug-likeness (QED) is 0.687. The Morgan fingerprint density at radius 1 is 1.00 bits per heavy atom. The first-order valence-electron chi connectivity index (χ1n) is 6.47. The molecule has 0 amide bonds. The van der Waals surface area contributed by atoms with E-state index in [0.29, 0.717) is 12.1 Å². The van der Waals surface area contributed by atoms with Crippen LogP contribution in [0.15, 0.2) is 0 Å². The molecular weight excluding hydrogens is 198 g/mol. The van der Waals surface area contributed by atoms with Crippen LogP contribution in [0.5, 0.6) is 0 Å². The van der Waals surface area contributed by atoms with Crippen molar-refractivity contribution in [1.82, 2.24) is 9.80 Å². The van der Waals surface area contributed by atoms with Crippen molar-refractivity contribution < 1.29 is 0 Å². The van der Waals surface area contributed by atoms with Gasteiger partial charge >= 0.3 is 0 Å². The molecule has 3 heteroatoms. The lowest BCUT2D eigenvalue weighted by atomic mass is 10.1. The first-order chi connectivity index (χ1) is 7.32. The Kier molecular flexibility index (Phi) is 7.98. The van der Waals surface area contributed by atoms with E-state index in [1.165, 1.54) is 6.54 Å². The number of likely N-dealkylation sites (N-methyl/N-ethyl adjacent to an activating group) is 1. The van der Waals surface area contributed by atoms with Gasteiger partial charge in [0.15, 0.2) is 0 Å². The molecular formula is C13H31N3. The summed E-state index contributed by atoms with van der Waals surface area (Å²) >= 11 is 0. The van der Waals surface area contributed by atoms with Crippen LogP contribution in [0, 0.1) is 5.92 Å². The molecule has 0 bridgehead atoms. The Bertz CT molecular complexity index is 167. The first kappa shape index (κ1) is 15.9. The SMILES string of the molecule is CC(C)CN(CCN(C)C)C(C)CC(C)N. The molecule has 2 atom stereocenters. The lowest BCUT2D eigenvalue weighted by Crippen LogP contribution is -2.42. The van der Waals surface area contributed by atoms with E-state index in [4.69, 9.17) is 5.73 Å². The van der Waals surface area contributed by atoms with Crippen molar-refractivity contribution in [2.75, 3.05) is 33.7 Å². The second-order valence-electron chi connectivity index (χ2n) is 5.75. The topological polar surface area (TPSA) is 32.5 Å². The molecule has 0 heterocycles. The van der Waals surface area contributed by atoms with Gasteiger partial charge in [-0.15, -0.1) is 0 Å². The number of hydrogen-bond acceptors (Lipinski definition) is 3. The molecule has 0 rings (SSSR count). The van der Waals surface area contributed by atoms with Crippen molar-refractivity contribution in [3.63, 3.8) is 0 Å². The molecule has 0 aromatic carbocycles. The zero-order valence-electron chi connectivity index (χ0n) is 12.0. The number of rotatable bonds is 8. The molecule has 2 unspecified atom stereocenters. The smallest absolute Gasteiger partial charge is 0.0112 e. The molecule has 16 heavy (non-hydrogen) atoms. The van der Waals surface area contributed by atoms with Gasteiger partial charge in [0.1, 0.15) is 0 Å². The van der Waals surface area contributed by atoms with Crippen LogP contribution in [0.3, 0.4) is 0 Å². The van der Waals surface area contributed by atoms with Crippen LogP contribution in [0.4, 0.5) is 0 Å². The molecule has 0 spiro atoms. The van der Waals surface area contributed by atoms with Crippen LogP contribution in [0.1, 0.15) is 34.1 Å². The number of nitrogens with two attached hydrogens (primary N) is 1. The van der Waals surface area contributed by atoms with Crippen molar-refractivity contribution in [3.8, 4) is 0 Å². The van der Waals surface area contributed by atoms with Crippen molar-refractivity contribution in [3.05, 3.63) is 0 Å². The summed E-state index contributed by atoms with van der Waals surface area (Å²) < 4.78 is 0. The van der Waals surface area contributed by atoms with E-state index in [1.54, 1.807) is 0 Å². The van der Waals surface area contributed by atoms with Gasteiger partial charge in [-0.1, -0.05) is 13.8 Å². The number of nitrogens with zero attached hydrogens (tertiary/aromatic N) is 2. The minimum Gasteiger partial charge on any atom is -0.328 e. The summed E-state index contributed by atoms with van der Waals surface area (Å²) in [5, 5.41) is 0. The zero-order valence-corrected chi connectivity index (χ0v) is 12.0. The highest BCUT2D eigenvalue weighted by atomic mass is 15.2. The van der Waals surface area contributed by atoms with E-state index >= 15 is 0 Å². The predicted octanol–water partition coefficient (Wildman–Crippen LogP) is 1.63. The summed E-state index contributed by atoms with van der Waals surface area (Å²) in [6, 6.07) is 0.881. The third-order valence-corrected chi connectivity index (χ3v) is 2.77. The van der Waals surface area contributed by atoms with Crippen LogP contribution in [0.25, 0.3) is 0 Å². The molecule has 0 radical (unpaired) electrons. The van der Waals surface area contributed by atoms with Gasteiger partial charge in [0, 0.05) is 31.7 Å². The van der Waals surface area contributed by atoms with Gasteiger partial charge in [-0.3, -0.25) is 4.90 Å². The lowest BCUT2D eigenvalue weighted by molar-refractivity contribution is 0.158. The summed E-state index contributed by atoms with van der Waals surface area (Å²) in [5.74, 6) is 0.720. The Balaban J connectivity index is 4.17. The summed E-state index contributed by atoms with van der Waals surface area (Å²) in [6.45, 7) is 12.4. The van der Waals surface area contributed by atoms with Gasteiger partial charge in [0.25, 0.3) is 0 Å². The van der Waals surface area contributed by atoms with Gasteiger partial charge < -0.3 is 10.6 Å². The Morgan fingerprint density at radius 2 is 1.56 bits per heavy atom. The highest BCUT2D eigenvalue weighted by Crippen LogP contribution is 2.09. The largest absolute Gasteiger partial charge is 0.328 e. The fourth-order valence-electron chi connectivity index (χ4n) is 1.98. The second kappa shape index (κ2) is 8.04. The highest BCUT2D eigenvalue weighted by molar-refractivity contribution is 4.73. The average molecular weight is 229 g/mol. The van der Waals surface area contributed by atoms with E-state index in [2.05, 4.69) is 51.6 Å². The van der Waals surface area contributed by atoms with Gasteiger partial charge in [0.05, 0.1) is 0 Å². The standard InChI is InChI=1S/C13H31N3/c1-11(2)10-16(8-7-15(5)6)13(4)9-12(3)14/h11-13H,7-10,14H2,1-6H3. The van der Waals surface area contributed by atoms with Gasteiger partial charge in [-0.05, 0) is 40.3 Å². The van der Waals surface area contributed by atoms with Crippen molar-refractivity contribution >= 4 is 0 Å². The van der Waals surface area contributed by atoms with E-state index in [0.717, 1.165) is 25.4 Å². The van der Waals surface area contributed by atoms with E-state index in [9.17, 15) is 0 Å². The van der Waals surface area contributed by atoms with Crippen LogP contribution >= 0.6 is 0 Å². The summed E-state index contributed by atoms with van der Waals surface area (Å²) in [5.41, 5.74) is 5.88. The summed E-state index contributed by atoms with van der Waals surface area (Å²) in [4.78, 5) is 4.81. The van der Waals surface area contributed by atoms with Crippen molar-refractivity contribution in [2.24, 2.45) is 11.7 Å². The second-order valence-corrected chi connectivity index (χ2v) is 5.75. The molecule has 0 aromatic heterocycles. The van der Waals surface area contributed by atoms with E-state index < -0.39 is 0 Å². The maximum absolute atomic E-state index is 5.88. The summed E-state index contributed by atoms with van der Waals surface area (Å²) in [6.07, 6.45) is 1.08. The Labute approximate surface area is 102 Å². The average Bonchev–Trinajstić information content (AvgIpc) is 2.09. The van der Waals surface area contributed by atoms with Crippen molar-refractivity contribution in [1.29, 1.82) is 0 Å². The number of hydrogen-bond donors (Lipinski definition) is 1. The van der Waals surface area contributed by atoms with E-state index in [-0.39, 0.29) is 0 Å². The third-order valence-electron chi connectivity index (χ3n) is 2.77. The Morgan fingerprint density at radius 3 is 1.94 bits per heavy atom. The molecule has 0 aliphatic heterocycles. The molecule has 0 aromatic rings. The first-order valence-corrected chi connectivity index (χ1v) is 6.47. The van der Waals surface area contributed by atoms with Crippen molar-refractivity contribution in [2.45, 2.75) is 46.2 Å². The maximum Gasteiger partial charge on any atom is 0.0112 e. The lowest BCUT2D eigenvalue weighted by Gasteiger charge is -2.32. The predicted molar refractivity (Wildman–Crippen MR) is 72.7 cm³/mol. The van der Waals surface area contributed by atoms with Crippen LogP contribution < -0.4 is 5.73 Å². The fourth-order valence-corrected chi connectivity index (χ4v) is 1.98. The zero-order chi connectivity index (χ0) is 12.7. The molecule has 98 valence electrons. The monoisotopic (exact) mass is 229 g/mol. The minimum absolute atomic E-state index is 0.295. The molecule has 0 fully saturated rings. The highest BCUT2D eigenvalue weighted by Gasteiger charge is 2.16. The molecule has 2 N–H and O–H groups in total. The third kappa shape index (κ3) is 8.08. The van der Waals surface area contributed by atoms with Gasteiger partial charge in [-0.2, -0.15) is 0 Å². The van der Waals surface area contributed by atoms with Crippen LogP contribution in [-0.4, -0.2) is 55.6 Å². The fraction of sp³-hybridized carbons (Fsp3) is 1.00. The molecule has 3 nitrogen and oxygen atoms in total. The minimum atomic E-state index is 0.295. The van der Waals surface area contributed by atoms with Crippen LogP contribution in [-0.2, 0) is 0 Å².